The van der Waals surface area contributed by atoms with E-state index in [1.165, 1.54) is 5.56 Å². The van der Waals surface area contributed by atoms with Gasteiger partial charge in [0.15, 0.2) is 0 Å². The van der Waals surface area contributed by atoms with Gasteiger partial charge in [-0.15, -0.1) is 0 Å². The zero-order chi connectivity index (χ0) is 12.3. The minimum atomic E-state index is -0.286. The number of nitriles is 1. The molecule has 0 aliphatic carbocycles. The maximum Gasteiger partial charge on any atom is 0.0835 e. The Morgan fingerprint density at radius 2 is 1.94 bits per heavy atom. The van der Waals surface area contributed by atoms with Crippen molar-refractivity contribution in [2.45, 2.75) is 24.7 Å². The summed E-state index contributed by atoms with van der Waals surface area (Å²) >= 11 is 3.44. The van der Waals surface area contributed by atoms with Crippen molar-refractivity contribution in [3.63, 3.8) is 0 Å². The Bertz CT molecular complexity index is 421. The second kappa shape index (κ2) is 5.20. The summed E-state index contributed by atoms with van der Waals surface area (Å²) in [6.45, 7) is 2.10. The van der Waals surface area contributed by atoms with Gasteiger partial charge in [-0.2, -0.15) is 5.26 Å². The van der Waals surface area contributed by atoms with Crippen LogP contribution in [0.4, 0.5) is 0 Å². The smallest absolute Gasteiger partial charge is 0.0835 e. The standard InChI is InChI=1S/C14H17BrN2/c1-17-9-2-7-14(11-16,8-10-17)12-3-5-13(15)6-4-12/h3-6H,2,7-10H2,1H3. The normalized spacial score (nSPS) is 26.2. The predicted molar refractivity (Wildman–Crippen MR) is 72.8 cm³/mol. The summed E-state index contributed by atoms with van der Waals surface area (Å²) in [5, 5.41) is 9.60. The monoisotopic (exact) mass is 292 g/mol. The summed E-state index contributed by atoms with van der Waals surface area (Å²) in [5.41, 5.74) is 0.879. The molecule has 0 amide bonds. The van der Waals surface area contributed by atoms with Crippen LogP contribution in [0.15, 0.2) is 28.7 Å². The number of likely N-dealkylation sites (tertiary alicyclic amines) is 1. The Balaban J connectivity index is 2.30. The molecule has 1 aromatic rings. The van der Waals surface area contributed by atoms with Crippen molar-refractivity contribution in [2.75, 3.05) is 20.1 Å². The van der Waals surface area contributed by atoms with Gasteiger partial charge in [-0.25, -0.2) is 0 Å². The maximum atomic E-state index is 9.60. The van der Waals surface area contributed by atoms with Crippen molar-refractivity contribution in [3.8, 4) is 6.07 Å². The van der Waals surface area contributed by atoms with E-state index in [0.29, 0.717) is 0 Å². The number of rotatable bonds is 1. The number of benzene rings is 1. The Kier molecular flexibility index (Phi) is 3.86. The molecule has 0 aromatic heterocycles. The molecule has 1 aliphatic rings. The van der Waals surface area contributed by atoms with Gasteiger partial charge in [-0.05, 0) is 57.1 Å². The van der Waals surface area contributed by atoms with Crippen LogP contribution >= 0.6 is 15.9 Å². The number of hydrogen-bond donors (Lipinski definition) is 0. The van der Waals surface area contributed by atoms with E-state index in [-0.39, 0.29) is 5.41 Å². The second-order valence-electron chi connectivity index (χ2n) is 4.86. The van der Waals surface area contributed by atoms with Crippen molar-refractivity contribution >= 4 is 15.9 Å². The molecule has 2 nitrogen and oxygen atoms in total. The molecule has 1 heterocycles. The highest BCUT2D eigenvalue weighted by Gasteiger charge is 2.33. The number of nitrogens with zero attached hydrogens (tertiary/aromatic N) is 2. The van der Waals surface area contributed by atoms with Gasteiger partial charge < -0.3 is 4.90 Å². The molecule has 90 valence electrons. The molecule has 0 radical (unpaired) electrons. The summed E-state index contributed by atoms with van der Waals surface area (Å²) in [6.07, 6.45) is 3.00. The molecule has 1 saturated heterocycles. The molecular weight excluding hydrogens is 276 g/mol. The zero-order valence-electron chi connectivity index (χ0n) is 10.1. The summed E-state index contributed by atoms with van der Waals surface area (Å²) < 4.78 is 1.07. The lowest BCUT2D eigenvalue weighted by Crippen LogP contribution is -2.26. The van der Waals surface area contributed by atoms with Crippen molar-refractivity contribution in [2.24, 2.45) is 0 Å². The van der Waals surface area contributed by atoms with E-state index in [0.717, 1.165) is 36.8 Å². The molecule has 0 saturated carbocycles. The third-order valence-corrected chi connectivity index (χ3v) is 4.20. The Morgan fingerprint density at radius 1 is 1.24 bits per heavy atom. The fourth-order valence-electron chi connectivity index (χ4n) is 2.50. The third-order valence-electron chi connectivity index (χ3n) is 3.67. The minimum Gasteiger partial charge on any atom is -0.306 e. The number of halogens is 1. The Hall–Kier alpha value is -0.850. The van der Waals surface area contributed by atoms with Crippen molar-refractivity contribution in [1.82, 2.24) is 4.90 Å². The summed E-state index contributed by atoms with van der Waals surface area (Å²) in [5.74, 6) is 0. The maximum absolute atomic E-state index is 9.60. The van der Waals surface area contributed by atoms with Gasteiger partial charge >= 0.3 is 0 Å². The first-order chi connectivity index (χ1) is 8.16. The van der Waals surface area contributed by atoms with Crippen molar-refractivity contribution in [1.29, 1.82) is 5.26 Å². The van der Waals surface area contributed by atoms with Crippen LogP contribution in [0, 0.1) is 11.3 Å². The van der Waals surface area contributed by atoms with Crippen LogP contribution in [-0.2, 0) is 5.41 Å². The molecule has 3 heteroatoms. The molecule has 17 heavy (non-hydrogen) atoms. The lowest BCUT2D eigenvalue weighted by Gasteiger charge is -2.25. The lowest BCUT2D eigenvalue weighted by molar-refractivity contribution is 0.342. The fourth-order valence-corrected chi connectivity index (χ4v) is 2.77. The largest absolute Gasteiger partial charge is 0.306 e. The molecule has 1 atom stereocenters. The SMILES string of the molecule is CN1CCCC(C#N)(c2ccc(Br)cc2)CC1. The third kappa shape index (κ3) is 2.70. The van der Waals surface area contributed by atoms with Gasteiger partial charge in [0.1, 0.15) is 0 Å². The Morgan fingerprint density at radius 3 is 2.59 bits per heavy atom. The first-order valence-electron chi connectivity index (χ1n) is 6.02. The molecule has 1 aliphatic heterocycles. The van der Waals surface area contributed by atoms with Crippen molar-refractivity contribution < 1.29 is 0 Å². The van der Waals surface area contributed by atoms with Gasteiger partial charge in [-0.3, -0.25) is 0 Å². The molecular formula is C14H17BrN2. The number of hydrogen-bond acceptors (Lipinski definition) is 2. The van der Waals surface area contributed by atoms with E-state index in [4.69, 9.17) is 0 Å². The van der Waals surface area contributed by atoms with E-state index < -0.39 is 0 Å². The second-order valence-corrected chi connectivity index (χ2v) is 5.77. The van der Waals surface area contributed by atoms with Crippen LogP contribution in [0.5, 0.6) is 0 Å². The molecule has 1 fully saturated rings. The summed E-state index contributed by atoms with van der Waals surface area (Å²) in [6, 6.07) is 10.8. The van der Waals surface area contributed by atoms with Gasteiger partial charge in [0.2, 0.25) is 0 Å². The first-order valence-corrected chi connectivity index (χ1v) is 6.81. The molecule has 0 spiro atoms. The van der Waals surface area contributed by atoms with Crippen LogP contribution in [-0.4, -0.2) is 25.0 Å². The summed E-state index contributed by atoms with van der Waals surface area (Å²) in [7, 11) is 2.13. The van der Waals surface area contributed by atoms with Gasteiger partial charge in [0, 0.05) is 4.47 Å². The first kappa shape index (κ1) is 12.6. The summed E-state index contributed by atoms with van der Waals surface area (Å²) in [4.78, 5) is 2.32. The van der Waals surface area contributed by atoms with Crippen LogP contribution in [0.1, 0.15) is 24.8 Å². The van der Waals surface area contributed by atoms with Crippen molar-refractivity contribution in [3.05, 3.63) is 34.3 Å². The molecule has 1 aromatic carbocycles. The van der Waals surface area contributed by atoms with Crippen LogP contribution in [0.2, 0.25) is 0 Å². The molecule has 0 bridgehead atoms. The highest BCUT2D eigenvalue weighted by Crippen LogP contribution is 2.35. The van der Waals surface area contributed by atoms with E-state index in [9.17, 15) is 5.26 Å². The molecule has 2 rings (SSSR count). The lowest BCUT2D eigenvalue weighted by atomic mass is 9.76. The minimum absolute atomic E-state index is 0.286. The highest BCUT2D eigenvalue weighted by molar-refractivity contribution is 9.10. The average Bonchev–Trinajstić information content (AvgIpc) is 2.53. The van der Waals surface area contributed by atoms with Crippen LogP contribution < -0.4 is 0 Å². The topological polar surface area (TPSA) is 27.0 Å². The van der Waals surface area contributed by atoms with E-state index in [1.807, 2.05) is 12.1 Å². The van der Waals surface area contributed by atoms with Crippen LogP contribution in [0.3, 0.4) is 0 Å². The molecule has 0 N–H and O–H groups in total. The van der Waals surface area contributed by atoms with E-state index >= 15 is 0 Å². The van der Waals surface area contributed by atoms with E-state index in [2.05, 4.69) is 46.1 Å². The van der Waals surface area contributed by atoms with E-state index in [1.54, 1.807) is 0 Å². The zero-order valence-corrected chi connectivity index (χ0v) is 11.7. The fraction of sp³-hybridized carbons (Fsp3) is 0.500. The predicted octanol–water partition coefficient (Wildman–Crippen LogP) is 3.33. The average molecular weight is 293 g/mol. The van der Waals surface area contributed by atoms with Gasteiger partial charge in [0.05, 0.1) is 11.5 Å². The van der Waals surface area contributed by atoms with Gasteiger partial charge in [0.25, 0.3) is 0 Å². The molecule has 1 unspecified atom stereocenters. The van der Waals surface area contributed by atoms with Crippen LogP contribution in [0.25, 0.3) is 0 Å². The van der Waals surface area contributed by atoms with Gasteiger partial charge in [-0.1, -0.05) is 28.1 Å². The Labute approximate surface area is 111 Å². The highest BCUT2D eigenvalue weighted by atomic mass is 79.9. The quantitative estimate of drug-likeness (QED) is 0.794.